The maximum atomic E-state index is 3.12. The van der Waals surface area contributed by atoms with Crippen molar-refractivity contribution in [2.45, 2.75) is 53.4 Å². The molecule has 0 aliphatic heterocycles. The average Bonchev–Trinajstić information content (AvgIpc) is 4.06. The third kappa shape index (κ3) is 21.4. The summed E-state index contributed by atoms with van der Waals surface area (Å²) in [5, 5.41) is 5.90. The van der Waals surface area contributed by atoms with Crippen molar-refractivity contribution in [3.63, 3.8) is 0 Å². The van der Waals surface area contributed by atoms with Crippen LogP contribution in [0.4, 0.5) is 0 Å². The zero-order chi connectivity index (χ0) is 37.2. The van der Waals surface area contributed by atoms with Crippen LogP contribution in [0.3, 0.4) is 0 Å². The Morgan fingerprint density at radius 3 is 0.648 bits per heavy atom. The number of hydrogen-bond donors (Lipinski definition) is 0. The number of rotatable bonds is 4. The molecule has 0 fully saturated rings. The number of allylic oxidation sites excluding steroid dienone is 16. The van der Waals surface area contributed by atoms with E-state index in [4.69, 9.17) is 0 Å². The van der Waals surface area contributed by atoms with Gasteiger partial charge in [0.05, 0.1) is 0 Å². The van der Waals surface area contributed by atoms with Gasteiger partial charge in [-0.15, -0.1) is 25.7 Å². The molecule has 272 valence electrons. The Morgan fingerprint density at radius 1 is 0.352 bits per heavy atom. The van der Waals surface area contributed by atoms with Crippen molar-refractivity contribution >= 4 is 33.1 Å². The standard InChI is InChI=1S/2C12H10Si.4C6H7.2ClH.2Ti/c2*1-3-7-11(8-4-1)13-12-9-5-2-6-10-12;4*1-6-4-2-3-5-6;;;;/h2*1-10H;4*2,4H,3H2,1H3;2*1H;;/q;;4*-1;;;2*+2/p-2. The quantitative estimate of drug-likeness (QED) is 0.219. The summed E-state index contributed by atoms with van der Waals surface area (Å²) in [5.41, 5.74) is 5.09. The summed E-state index contributed by atoms with van der Waals surface area (Å²) in [6, 6.07) is 43.0. The molecule has 0 amide bonds. The van der Waals surface area contributed by atoms with Gasteiger partial charge in [-0.3, -0.25) is 24.3 Å². The number of hydrogen-bond acceptors (Lipinski definition) is 0. The fourth-order valence-corrected chi connectivity index (χ4v) is 10.7. The molecular formula is C48H48Cl2Si2Ti2-2. The van der Waals surface area contributed by atoms with Gasteiger partial charge in [0.2, 0.25) is 0 Å². The van der Waals surface area contributed by atoms with E-state index in [1.165, 1.54) is 43.0 Å². The molecule has 4 aliphatic carbocycles. The molecule has 0 atom stereocenters. The zero-order valence-electron chi connectivity index (χ0n) is 31.8. The Kier molecular flexibility index (Phi) is 27.8. The van der Waals surface area contributed by atoms with Gasteiger partial charge in [0.15, 0.2) is 0 Å². The fourth-order valence-electron chi connectivity index (χ4n) is 4.81. The molecule has 0 unspecified atom stereocenters. The second-order valence-corrected chi connectivity index (χ2v) is 20.6. The van der Waals surface area contributed by atoms with E-state index < -0.39 is 12.4 Å². The SMILES string of the molecule is CC1=[C-]CC=C1.CC1=[C-]CC=C1.CC1=[C-]CC=C1.CC1=[C-]CC=C1.[Cl-].[Cl-].[Ti+2]=[Si](c1ccccc1)c1ccccc1.[Ti+2]=[Si](c1ccccc1)c1ccccc1. The van der Waals surface area contributed by atoms with Crippen LogP contribution in [-0.2, 0) is 38.3 Å². The molecule has 4 aromatic rings. The molecule has 0 spiro atoms. The van der Waals surface area contributed by atoms with E-state index in [1.54, 1.807) is 0 Å². The van der Waals surface area contributed by atoms with Crippen LogP contribution in [0, 0.1) is 24.3 Å². The van der Waals surface area contributed by atoms with E-state index in [2.05, 4.69) is 260 Å². The van der Waals surface area contributed by atoms with E-state index in [0.29, 0.717) is 0 Å². The first-order valence-corrected chi connectivity index (χ1v) is 25.4. The number of benzene rings is 4. The van der Waals surface area contributed by atoms with Crippen molar-refractivity contribution in [3.05, 3.63) is 217 Å². The first-order chi connectivity index (χ1) is 25.3. The summed E-state index contributed by atoms with van der Waals surface area (Å²) in [5.74, 6) is 0. The van der Waals surface area contributed by atoms with Crippen molar-refractivity contribution in [2.24, 2.45) is 0 Å². The summed E-state index contributed by atoms with van der Waals surface area (Å²) in [4.78, 5) is 0. The summed E-state index contributed by atoms with van der Waals surface area (Å²) >= 11 is 4.69. The summed E-state index contributed by atoms with van der Waals surface area (Å²) in [7, 11) is 0. The Balaban J connectivity index is 0.000000337. The Hall–Kier alpha value is -2.76. The van der Waals surface area contributed by atoms with Gasteiger partial charge in [0.1, 0.15) is 0 Å². The molecule has 0 nitrogen and oxygen atoms in total. The molecule has 0 bridgehead atoms. The molecule has 0 aromatic heterocycles. The third-order valence-corrected chi connectivity index (χ3v) is 16.8. The van der Waals surface area contributed by atoms with Gasteiger partial charge in [-0.2, -0.15) is 24.3 Å². The van der Waals surface area contributed by atoms with Gasteiger partial charge in [-0.05, 0) is 0 Å². The minimum atomic E-state index is -0.545. The third-order valence-electron chi connectivity index (χ3n) is 7.72. The van der Waals surface area contributed by atoms with Gasteiger partial charge in [0, 0.05) is 0 Å². The maximum absolute atomic E-state index is 3.12. The molecular weight excluding hydrogens is 799 g/mol. The fraction of sp³-hybridized carbons (Fsp3) is 0.167. The minimum absolute atomic E-state index is 0. The van der Waals surface area contributed by atoms with Gasteiger partial charge in [-0.1, -0.05) is 27.7 Å². The predicted octanol–water partition coefficient (Wildman–Crippen LogP) is 3.47. The molecule has 0 heterocycles. The van der Waals surface area contributed by atoms with Crippen LogP contribution in [0.25, 0.3) is 0 Å². The van der Waals surface area contributed by atoms with Crippen molar-refractivity contribution in [2.75, 3.05) is 0 Å². The van der Waals surface area contributed by atoms with E-state index >= 15 is 0 Å². The normalized spacial score (nSPS) is 13.3. The molecule has 4 aromatic carbocycles. The van der Waals surface area contributed by atoms with Gasteiger partial charge < -0.3 is 24.8 Å². The molecule has 4 aliphatic rings. The molecule has 54 heavy (non-hydrogen) atoms. The molecule has 6 heteroatoms. The van der Waals surface area contributed by atoms with Crippen LogP contribution >= 0.6 is 0 Å². The van der Waals surface area contributed by atoms with E-state index in [9.17, 15) is 0 Å². The molecule has 0 radical (unpaired) electrons. The summed E-state index contributed by atoms with van der Waals surface area (Å²) in [6.07, 6.45) is 32.2. The Morgan fingerprint density at radius 2 is 0.537 bits per heavy atom. The van der Waals surface area contributed by atoms with Gasteiger partial charge >= 0.3 is 193 Å². The van der Waals surface area contributed by atoms with Crippen molar-refractivity contribution in [1.29, 1.82) is 0 Å². The van der Waals surface area contributed by atoms with Crippen LogP contribution in [0.2, 0.25) is 0 Å². The molecule has 0 saturated heterocycles. The van der Waals surface area contributed by atoms with Crippen LogP contribution in [0.5, 0.6) is 0 Å². The van der Waals surface area contributed by atoms with Crippen molar-refractivity contribution < 1.29 is 63.2 Å². The molecule has 8 rings (SSSR count). The van der Waals surface area contributed by atoms with E-state index in [1.807, 2.05) is 0 Å². The second-order valence-electron chi connectivity index (χ2n) is 12.1. The Bertz CT molecular complexity index is 1630. The zero-order valence-corrected chi connectivity index (χ0v) is 38.4. The second kappa shape index (κ2) is 30.5. The first-order valence-electron chi connectivity index (χ1n) is 17.7. The van der Waals surface area contributed by atoms with E-state index in [0.717, 1.165) is 25.7 Å². The van der Waals surface area contributed by atoms with Crippen LogP contribution in [0.15, 0.2) is 192 Å². The van der Waals surface area contributed by atoms with Gasteiger partial charge in [-0.25, -0.2) is 46.6 Å². The van der Waals surface area contributed by atoms with Crippen molar-refractivity contribution in [3.8, 4) is 0 Å². The molecule has 0 saturated carbocycles. The monoisotopic (exact) mass is 846 g/mol. The topological polar surface area (TPSA) is 0 Å². The van der Waals surface area contributed by atoms with Crippen LogP contribution < -0.4 is 45.6 Å². The molecule has 0 N–H and O–H groups in total. The van der Waals surface area contributed by atoms with Crippen LogP contribution in [-0.4, -0.2) is 12.4 Å². The Labute approximate surface area is 363 Å². The van der Waals surface area contributed by atoms with Gasteiger partial charge in [0.25, 0.3) is 0 Å². The van der Waals surface area contributed by atoms with Crippen molar-refractivity contribution in [1.82, 2.24) is 0 Å². The number of halogens is 2. The van der Waals surface area contributed by atoms with E-state index in [-0.39, 0.29) is 24.8 Å². The summed E-state index contributed by atoms with van der Waals surface area (Å²) in [6.45, 7) is 8.24. The first kappa shape index (κ1) is 49.3. The van der Waals surface area contributed by atoms with Crippen LogP contribution in [0.1, 0.15) is 53.4 Å². The average molecular weight is 848 g/mol. The predicted molar refractivity (Wildman–Crippen MR) is 221 cm³/mol. The summed E-state index contributed by atoms with van der Waals surface area (Å²) < 4.78 is 0.